The molecule has 2 saturated carbocycles. The van der Waals surface area contributed by atoms with E-state index < -0.39 is 0 Å². The number of rotatable bonds is 0. The normalized spacial score (nSPS) is 45.3. The van der Waals surface area contributed by atoms with Gasteiger partial charge in [-0.15, -0.1) is 0 Å². The highest BCUT2D eigenvalue weighted by Gasteiger charge is 2.65. The van der Waals surface area contributed by atoms with Gasteiger partial charge in [0.2, 0.25) is 0 Å². The first-order chi connectivity index (χ1) is 11.9. The Morgan fingerprint density at radius 1 is 1.20 bits per heavy atom. The van der Waals surface area contributed by atoms with E-state index in [1.54, 1.807) is 0 Å². The predicted octanol–water partition coefficient (Wildman–Crippen LogP) is 5.35. The van der Waals surface area contributed by atoms with E-state index in [9.17, 15) is 5.11 Å². The molecular formula is C23H30O2. The fourth-order valence-corrected chi connectivity index (χ4v) is 7.32. The van der Waals surface area contributed by atoms with Gasteiger partial charge < -0.3 is 9.84 Å². The molecule has 2 nitrogen and oxygen atoms in total. The van der Waals surface area contributed by atoms with Gasteiger partial charge in [0.15, 0.2) is 0 Å². The van der Waals surface area contributed by atoms with Gasteiger partial charge >= 0.3 is 0 Å². The number of ether oxygens (including phenoxy) is 1. The van der Waals surface area contributed by atoms with Crippen LogP contribution in [0.25, 0.3) is 0 Å². The summed E-state index contributed by atoms with van der Waals surface area (Å²) in [7, 11) is 0. The molecule has 1 heterocycles. The van der Waals surface area contributed by atoms with Gasteiger partial charge in [-0.25, -0.2) is 0 Å². The summed E-state index contributed by atoms with van der Waals surface area (Å²) < 4.78 is 6.63. The van der Waals surface area contributed by atoms with Crippen molar-refractivity contribution in [2.45, 2.75) is 76.4 Å². The van der Waals surface area contributed by atoms with E-state index in [2.05, 4.69) is 26.5 Å². The lowest BCUT2D eigenvalue weighted by Crippen LogP contribution is -2.51. The van der Waals surface area contributed by atoms with Crippen LogP contribution in [0.3, 0.4) is 0 Å². The van der Waals surface area contributed by atoms with Gasteiger partial charge in [-0.1, -0.05) is 19.6 Å². The van der Waals surface area contributed by atoms with E-state index in [-0.39, 0.29) is 11.0 Å². The van der Waals surface area contributed by atoms with E-state index in [4.69, 9.17) is 4.74 Å². The Kier molecular flexibility index (Phi) is 3.27. The Morgan fingerprint density at radius 3 is 2.80 bits per heavy atom. The lowest BCUT2D eigenvalue weighted by atomic mass is 9.52. The van der Waals surface area contributed by atoms with Crippen LogP contribution in [0.5, 0.6) is 5.75 Å². The average Bonchev–Trinajstić information content (AvgIpc) is 3.04. The van der Waals surface area contributed by atoms with Crippen molar-refractivity contribution in [3.8, 4) is 5.75 Å². The number of benzene rings is 1. The summed E-state index contributed by atoms with van der Waals surface area (Å²) in [5.74, 6) is 2.60. The minimum absolute atomic E-state index is 0.0582. The van der Waals surface area contributed by atoms with Crippen LogP contribution in [0, 0.1) is 17.3 Å². The van der Waals surface area contributed by atoms with E-state index in [0.717, 1.165) is 24.7 Å². The zero-order chi connectivity index (χ0) is 17.4. The number of phenolic OH excluding ortho intramolecular Hbond substituents is 1. The maximum absolute atomic E-state index is 9.84. The number of hydrogen-bond acceptors (Lipinski definition) is 2. The molecule has 1 N–H and O–H groups in total. The smallest absolute Gasteiger partial charge is 0.115 e. The van der Waals surface area contributed by atoms with Gasteiger partial charge in [0.25, 0.3) is 0 Å². The first kappa shape index (κ1) is 15.9. The van der Waals surface area contributed by atoms with Crippen LogP contribution < -0.4 is 0 Å². The van der Waals surface area contributed by atoms with Gasteiger partial charge in [0.05, 0.1) is 11.7 Å². The molecular weight excluding hydrogens is 308 g/mol. The molecule has 0 amide bonds. The Balaban J connectivity index is 1.52. The van der Waals surface area contributed by atoms with Crippen molar-refractivity contribution < 1.29 is 9.84 Å². The highest BCUT2D eigenvalue weighted by molar-refractivity contribution is 5.41. The number of phenols is 1. The van der Waals surface area contributed by atoms with Gasteiger partial charge in [0, 0.05) is 5.41 Å². The standard InChI is InChI=1S/C23H30O2/c1-14-12-15(2)25-23(14)11-9-21-20-6-4-16-13-17(24)5-7-18(16)19(20)8-10-22(21,23)3/h5,7,13,15,19-21,24H,1,4,6,8-12H2,2-3H3/t15-,19+,20+,21-,22-,23+/m0/s1. The summed E-state index contributed by atoms with van der Waals surface area (Å²) in [4.78, 5) is 0. The van der Waals surface area contributed by atoms with E-state index in [1.165, 1.54) is 48.8 Å². The first-order valence-corrected chi connectivity index (χ1v) is 10.1. The van der Waals surface area contributed by atoms with E-state index >= 15 is 0 Å². The molecule has 1 aromatic rings. The van der Waals surface area contributed by atoms with Crippen molar-refractivity contribution in [3.63, 3.8) is 0 Å². The minimum atomic E-state index is -0.0582. The molecule has 0 radical (unpaired) electrons. The zero-order valence-electron chi connectivity index (χ0n) is 15.6. The van der Waals surface area contributed by atoms with Gasteiger partial charge in [-0.3, -0.25) is 0 Å². The van der Waals surface area contributed by atoms with Crippen LogP contribution in [0.15, 0.2) is 30.4 Å². The van der Waals surface area contributed by atoms with Gasteiger partial charge in [-0.2, -0.15) is 0 Å². The van der Waals surface area contributed by atoms with Crippen LogP contribution in [-0.2, 0) is 11.2 Å². The second kappa shape index (κ2) is 5.13. The monoisotopic (exact) mass is 338 g/mol. The van der Waals surface area contributed by atoms with Crippen LogP contribution >= 0.6 is 0 Å². The minimum Gasteiger partial charge on any atom is -0.508 e. The molecule has 1 aliphatic heterocycles. The highest BCUT2D eigenvalue weighted by Crippen LogP contribution is 2.68. The van der Waals surface area contributed by atoms with Crippen molar-refractivity contribution in [2.24, 2.45) is 17.3 Å². The molecule has 6 atom stereocenters. The molecule has 25 heavy (non-hydrogen) atoms. The van der Waals surface area contributed by atoms with Gasteiger partial charge in [0.1, 0.15) is 5.75 Å². The van der Waals surface area contributed by atoms with Crippen molar-refractivity contribution in [1.82, 2.24) is 0 Å². The molecule has 3 fully saturated rings. The van der Waals surface area contributed by atoms with Crippen molar-refractivity contribution in [2.75, 3.05) is 0 Å². The fourth-order valence-electron chi connectivity index (χ4n) is 7.32. The maximum Gasteiger partial charge on any atom is 0.115 e. The Morgan fingerprint density at radius 2 is 2.04 bits per heavy atom. The molecule has 2 heteroatoms. The fraction of sp³-hybridized carbons (Fsp3) is 0.652. The van der Waals surface area contributed by atoms with Crippen LogP contribution in [0.4, 0.5) is 0 Å². The average molecular weight is 338 g/mol. The largest absolute Gasteiger partial charge is 0.508 e. The number of aryl methyl sites for hydroxylation is 1. The summed E-state index contributed by atoms with van der Waals surface area (Å²) in [6, 6.07) is 6.08. The second-order valence-electron chi connectivity index (χ2n) is 9.36. The third kappa shape index (κ3) is 1.95. The number of fused-ring (bicyclic) bond motifs is 6. The SMILES string of the molecule is C=C1C[C@H](C)O[C@]12CC[C@H]1[C@@H]3CCc4cc(O)ccc4[C@H]3CC[C@@]12C. The van der Waals surface area contributed by atoms with Crippen LogP contribution in [0.1, 0.15) is 69.4 Å². The highest BCUT2D eigenvalue weighted by atomic mass is 16.5. The van der Waals surface area contributed by atoms with Gasteiger partial charge in [-0.05, 0) is 98.5 Å². The maximum atomic E-state index is 9.84. The number of hydrogen-bond donors (Lipinski definition) is 1. The van der Waals surface area contributed by atoms with Crippen molar-refractivity contribution in [1.29, 1.82) is 0 Å². The number of aromatic hydroxyl groups is 1. The van der Waals surface area contributed by atoms with Crippen molar-refractivity contribution in [3.05, 3.63) is 41.5 Å². The molecule has 1 spiro atoms. The summed E-state index contributed by atoms with van der Waals surface area (Å²) in [5, 5.41) is 9.84. The Labute approximate surface area is 151 Å². The molecule has 1 aromatic carbocycles. The molecule has 0 bridgehead atoms. The van der Waals surface area contributed by atoms with Crippen molar-refractivity contribution >= 4 is 0 Å². The molecule has 0 aromatic heterocycles. The summed E-state index contributed by atoms with van der Waals surface area (Å²) >= 11 is 0. The summed E-state index contributed by atoms with van der Waals surface area (Å²) in [5.41, 5.74) is 4.45. The third-order valence-electron chi connectivity index (χ3n) is 8.34. The van der Waals surface area contributed by atoms with E-state index in [0.29, 0.717) is 17.8 Å². The van der Waals surface area contributed by atoms with Crippen LogP contribution in [0.2, 0.25) is 0 Å². The lowest BCUT2D eigenvalue weighted by molar-refractivity contribution is -0.117. The molecule has 5 rings (SSSR count). The van der Waals surface area contributed by atoms with Crippen LogP contribution in [-0.4, -0.2) is 16.8 Å². The summed E-state index contributed by atoms with van der Waals surface area (Å²) in [6.07, 6.45) is 8.70. The Bertz CT molecular complexity index is 738. The first-order valence-electron chi connectivity index (χ1n) is 10.1. The molecule has 0 unspecified atom stereocenters. The molecule has 4 aliphatic rings. The quantitative estimate of drug-likeness (QED) is 0.646. The molecule has 134 valence electrons. The molecule has 1 saturated heterocycles. The third-order valence-corrected chi connectivity index (χ3v) is 8.34. The lowest BCUT2D eigenvalue weighted by Gasteiger charge is -2.54. The Hall–Kier alpha value is -1.28. The molecule has 3 aliphatic carbocycles. The second-order valence-corrected chi connectivity index (χ2v) is 9.36. The van der Waals surface area contributed by atoms with E-state index in [1.807, 2.05) is 12.1 Å². The summed E-state index contributed by atoms with van der Waals surface area (Å²) in [6.45, 7) is 9.20. The predicted molar refractivity (Wildman–Crippen MR) is 99.8 cm³/mol. The zero-order valence-corrected chi connectivity index (χ0v) is 15.6. The topological polar surface area (TPSA) is 29.5 Å².